The van der Waals surface area contributed by atoms with Gasteiger partial charge in [0.1, 0.15) is 12.5 Å². The van der Waals surface area contributed by atoms with Crippen LogP contribution in [0.3, 0.4) is 0 Å². The minimum atomic E-state index is -2.24. The Bertz CT molecular complexity index is 835. The normalized spacial score (nSPS) is 13.5. The third-order valence-corrected chi connectivity index (χ3v) is 4.47. The number of ether oxygens (including phenoxy) is 4. The van der Waals surface area contributed by atoms with Gasteiger partial charge in [-0.3, -0.25) is 0 Å². The third-order valence-electron chi connectivity index (χ3n) is 4.47. The van der Waals surface area contributed by atoms with Crippen molar-refractivity contribution in [1.82, 2.24) is 0 Å². The lowest BCUT2D eigenvalue weighted by atomic mass is 10.1. The number of hydrogen-bond acceptors (Lipinski definition) is 6. The average molecular weight is 433 g/mol. The molecule has 0 spiro atoms. The summed E-state index contributed by atoms with van der Waals surface area (Å²) in [6, 6.07) is 15.8. The fraction of sp³-hybridized carbons (Fsp3) is 0.304. The number of aryl methyl sites for hydroxylation is 2. The van der Waals surface area contributed by atoms with Gasteiger partial charge in [-0.25, -0.2) is 9.59 Å². The summed E-state index contributed by atoms with van der Waals surface area (Å²) in [5, 5.41) is 0. The molecule has 0 bridgehead atoms. The first-order chi connectivity index (χ1) is 14.0. The van der Waals surface area contributed by atoms with Crippen LogP contribution in [-0.4, -0.2) is 30.9 Å². The minimum Gasteiger partial charge on any atom is -0.459 e. The molecule has 7 heteroatoms. The SMILES string of the molecule is Cc1cccc(CCOC(=O)C2(C(=O)OCCc3cccc(C)c3)OC=CO2)c1.Cl. The number of benzene rings is 2. The lowest BCUT2D eigenvalue weighted by molar-refractivity contribution is -0.217. The van der Waals surface area contributed by atoms with E-state index in [2.05, 4.69) is 0 Å². The van der Waals surface area contributed by atoms with E-state index < -0.39 is 17.7 Å². The summed E-state index contributed by atoms with van der Waals surface area (Å²) >= 11 is 0. The summed E-state index contributed by atoms with van der Waals surface area (Å²) < 4.78 is 20.8. The summed E-state index contributed by atoms with van der Waals surface area (Å²) in [5.41, 5.74) is 4.29. The maximum absolute atomic E-state index is 12.5. The monoisotopic (exact) mass is 432 g/mol. The highest BCUT2D eigenvalue weighted by molar-refractivity contribution is 6.02. The quantitative estimate of drug-likeness (QED) is 0.466. The standard InChI is InChI=1S/C23H24O6.ClH/c1-17-5-3-7-19(15-17)9-11-26-21(24)23(28-13-14-29-23)22(25)27-12-10-20-8-4-6-18(2)16-20;/h3-8,13-16H,9-12H2,1-2H3;1H. The second-order valence-electron chi connectivity index (χ2n) is 6.87. The summed E-state index contributed by atoms with van der Waals surface area (Å²) in [6.07, 6.45) is 3.28. The molecule has 30 heavy (non-hydrogen) atoms. The van der Waals surface area contributed by atoms with Crippen LogP contribution in [0.25, 0.3) is 0 Å². The molecule has 6 nitrogen and oxygen atoms in total. The molecule has 1 aliphatic heterocycles. The van der Waals surface area contributed by atoms with Crippen LogP contribution < -0.4 is 0 Å². The highest BCUT2D eigenvalue weighted by Gasteiger charge is 2.56. The van der Waals surface area contributed by atoms with Crippen LogP contribution in [0.15, 0.2) is 61.1 Å². The lowest BCUT2D eigenvalue weighted by Crippen LogP contribution is -2.50. The van der Waals surface area contributed by atoms with E-state index in [-0.39, 0.29) is 25.6 Å². The van der Waals surface area contributed by atoms with Crippen LogP contribution >= 0.6 is 12.4 Å². The molecule has 0 N–H and O–H groups in total. The maximum Gasteiger partial charge on any atom is 0.452 e. The summed E-state index contributed by atoms with van der Waals surface area (Å²) in [4.78, 5) is 25.1. The second-order valence-corrected chi connectivity index (χ2v) is 6.87. The Labute approximate surface area is 182 Å². The van der Waals surface area contributed by atoms with E-state index in [1.165, 1.54) is 0 Å². The third kappa shape index (κ3) is 5.76. The van der Waals surface area contributed by atoms with Crippen LogP contribution in [0, 0.1) is 13.8 Å². The van der Waals surface area contributed by atoms with Crippen molar-refractivity contribution in [3.63, 3.8) is 0 Å². The predicted octanol–water partition coefficient (Wildman–Crippen LogP) is 3.81. The van der Waals surface area contributed by atoms with E-state index in [0.717, 1.165) is 34.8 Å². The molecule has 0 aromatic heterocycles. The molecule has 1 aliphatic rings. The molecule has 1 heterocycles. The lowest BCUT2D eigenvalue weighted by Gasteiger charge is -2.23. The molecule has 0 amide bonds. The summed E-state index contributed by atoms with van der Waals surface area (Å²) in [5.74, 6) is -4.11. The molecule has 3 rings (SSSR count). The van der Waals surface area contributed by atoms with E-state index in [0.29, 0.717) is 12.8 Å². The van der Waals surface area contributed by atoms with Gasteiger partial charge in [0, 0.05) is 12.8 Å². The van der Waals surface area contributed by atoms with E-state index in [4.69, 9.17) is 18.9 Å². The van der Waals surface area contributed by atoms with Crippen LogP contribution in [0.2, 0.25) is 0 Å². The largest absolute Gasteiger partial charge is 0.459 e. The number of esters is 2. The predicted molar refractivity (Wildman–Crippen MR) is 113 cm³/mol. The van der Waals surface area contributed by atoms with Crippen molar-refractivity contribution in [3.05, 3.63) is 83.3 Å². The maximum atomic E-state index is 12.5. The van der Waals surface area contributed by atoms with Crippen LogP contribution in [0.1, 0.15) is 22.3 Å². The Morgan fingerprint density at radius 1 is 0.800 bits per heavy atom. The van der Waals surface area contributed by atoms with E-state index >= 15 is 0 Å². The number of carbonyl (C=O) groups excluding carboxylic acids is 2. The van der Waals surface area contributed by atoms with Crippen molar-refractivity contribution in [3.8, 4) is 0 Å². The molecule has 0 radical (unpaired) electrons. The summed E-state index contributed by atoms with van der Waals surface area (Å²) in [6.45, 7) is 4.16. The Hall–Kier alpha value is -2.99. The van der Waals surface area contributed by atoms with Crippen LogP contribution in [0.5, 0.6) is 0 Å². The zero-order valence-electron chi connectivity index (χ0n) is 17.0. The molecule has 0 saturated carbocycles. The zero-order chi connectivity index (χ0) is 20.7. The highest BCUT2D eigenvalue weighted by atomic mass is 35.5. The zero-order valence-corrected chi connectivity index (χ0v) is 17.8. The van der Waals surface area contributed by atoms with Gasteiger partial charge in [0.05, 0.1) is 13.2 Å². The average Bonchev–Trinajstić information content (AvgIpc) is 3.19. The van der Waals surface area contributed by atoms with Crippen LogP contribution in [-0.2, 0) is 41.4 Å². The molecule has 0 atom stereocenters. The van der Waals surface area contributed by atoms with Crippen molar-refractivity contribution >= 4 is 24.3 Å². The van der Waals surface area contributed by atoms with Gasteiger partial charge in [-0.2, -0.15) is 0 Å². The smallest absolute Gasteiger partial charge is 0.452 e. The molecule has 160 valence electrons. The van der Waals surface area contributed by atoms with Crippen molar-refractivity contribution < 1.29 is 28.5 Å². The van der Waals surface area contributed by atoms with Gasteiger partial charge in [-0.1, -0.05) is 59.7 Å². The molecule has 0 aliphatic carbocycles. The fourth-order valence-electron chi connectivity index (χ4n) is 3.00. The van der Waals surface area contributed by atoms with Crippen molar-refractivity contribution in [2.75, 3.05) is 13.2 Å². The summed E-state index contributed by atoms with van der Waals surface area (Å²) in [7, 11) is 0. The molecule has 0 unspecified atom stereocenters. The van der Waals surface area contributed by atoms with Gasteiger partial charge in [-0.05, 0) is 25.0 Å². The molecule has 0 saturated heterocycles. The van der Waals surface area contributed by atoms with Gasteiger partial charge >= 0.3 is 17.7 Å². The number of rotatable bonds is 8. The van der Waals surface area contributed by atoms with Gasteiger partial charge in [0.25, 0.3) is 0 Å². The number of hydrogen-bond donors (Lipinski definition) is 0. The van der Waals surface area contributed by atoms with Gasteiger partial charge in [0.15, 0.2) is 0 Å². The molecular formula is C23H25ClO6. The van der Waals surface area contributed by atoms with E-state index in [1.807, 2.05) is 62.4 Å². The Balaban J connectivity index is 0.00000320. The molecular weight excluding hydrogens is 408 g/mol. The van der Waals surface area contributed by atoms with Crippen molar-refractivity contribution in [1.29, 1.82) is 0 Å². The first kappa shape index (κ1) is 23.3. The molecule has 2 aromatic rings. The van der Waals surface area contributed by atoms with Crippen molar-refractivity contribution in [2.45, 2.75) is 32.5 Å². The Kier molecular flexibility index (Phi) is 8.30. The highest BCUT2D eigenvalue weighted by Crippen LogP contribution is 2.24. The Morgan fingerprint density at radius 2 is 1.23 bits per heavy atom. The molecule has 0 fully saturated rings. The number of halogens is 1. The first-order valence-corrected chi connectivity index (χ1v) is 9.46. The van der Waals surface area contributed by atoms with Crippen molar-refractivity contribution in [2.24, 2.45) is 0 Å². The van der Waals surface area contributed by atoms with Gasteiger partial charge in [0.2, 0.25) is 0 Å². The molecule has 2 aromatic carbocycles. The fourth-order valence-corrected chi connectivity index (χ4v) is 3.00. The van der Waals surface area contributed by atoms with Gasteiger partial charge < -0.3 is 18.9 Å². The van der Waals surface area contributed by atoms with Crippen LogP contribution in [0.4, 0.5) is 0 Å². The Morgan fingerprint density at radius 3 is 1.63 bits per heavy atom. The van der Waals surface area contributed by atoms with E-state index in [9.17, 15) is 9.59 Å². The second kappa shape index (κ2) is 10.7. The topological polar surface area (TPSA) is 71.1 Å². The minimum absolute atomic E-state index is 0. The van der Waals surface area contributed by atoms with E-state index in [1.54, 1.807) is 0 Å². The first-order valence-electron chi connectivity index (χ1n) is 9.46. The number of carbonyl (C=O) groups is 2. The van der Waals surface area contributed by atoms with Gasteiger partial charge in [-0.15, -0.1) is 12.4 Å².